The summed E-state index contributed by atoms with van der Waals surface area (Å²) in [6, 6.07) is 8.05. The number of aliphatic hydroxyl groups excluding tert-OH is 1. The van der Waals surface area contributed by atoms with E-state index in [4.69, 9.17) is 9.47 Å². The second-order valence-corrected chi connectivity index (χ2v) is 5.44. The first-order valence-corrected chi connectivity index (χ1v) is 6.68. The van der Waals surface area contributed by atoms with Crippen LogP contribution in [0.4, 0.5) is 0 Å². The van der Waals surface area contributed by atoms with E-state index in [1.807, 2.05) is 18.2 Å². The molecule has 0 saturated carbocycles. The first-order valence-electron chi connectivity index (χ1n) is 6.68. The zero-order valence-electron chi connectivity index (χ0n) is 11.8. The van der Waals surface area contributed by atoms with Crippen molar-refractivity contribution in [1.29, 1.82) is 0 Å². The number of hydrogen-bond acceptors (Lipinski definition) is 4. The molecule has 0 spiro atoms. The summed E-state index contributed by atoms with van der Waals surface area (Å²) in [7, 11) is 3.76. The molecule has 1 aliphatic rings. The molecule has 1 atom stereocenters. The number of aliphatic hydroxyl groups is 1. The zero-order valence-corrected chi connectivity index (χ0v) is 11.8. The van der Waals surface area contributed by atoms with E-state index in [0.29, 0.717) is 6.61 Å². The van der Waals surface area contributed by atoms with E-state index in [2.05, 4.69) is 18.0 Å². The predicted octanol–water partition coefficient (Wildman–Crippen LogP) is 1.53. The highest BCUT2D eigenvalue weighted by Crippen LogP contribution is 2.29. The molecular weight excluding hydrogens is 242 g/mol. The van der Waals surface area contributed by atoms with E-state index < -0.39 is 0 Å². The molecule has 1 aromatic carbocycles. The summed E-state index contributed by atoms with van der Waals surface area (Å²) < 4.78 is 10.8. The van der Waals surface area contributed by atoms with Gasteiger partial charge in [0.1, 0.15) is 5.75 Å². The minimum absolute atomic E-state index is 0.100. The van der Waals surface area contributed by atoms with Gasteiger partial charge in [0.05, 0.1) is 20.3 Å². The number of hydrogen-bond donors (Lipinski definition) is 1. The van der Waals surface area contributed by atoms with Crippen LogP contribution in [0, 0.1) is 5.41 Å². The standard InChI is InChI=1S/C15H23NO3/c1-16(10-15(11-17)7-8-19-12-15)9-13-5-3-4-6-14(13)18-2/h3-6,17H,7-12H2,1-2H3. The summed E-state index contributed by atoms with van der Waals surface area (Å²) in [6.07, 6.45) is 0.930. The zero-order chi connectivity index (χ0) is 13.7. The highest BCUT2D eigenvalue weighted by Gasteiger charge is 2.35. The Morgan fingerprint density at radius 2 is 2.21 bits per heavy atom. The summed E-state index contributed by atoms with van der Waals surface area (Å²) in [5.74, 6) is 0.912. The van der Waals surface area contributed by atoms with Crippen molar-refractivity contribution in [1.82, 2.24) is 4.90 Å². The Morgan fingerprint density at radius 1 is 1.42 bits per heavy atom. The van der Waals surface area contributed by atoms with Crippen molar-refractivity contribution in [2.24, 2.45) is 5.41 Å². The molecule has 4 nitrogen and oxygen atoms in total. The number of rotatable bonds is 6. The maximum Gasteiger partial charge on any atom is 0.123 e. The Labute approximate surface area is 114 Å². The third kappa shape index (κ3) is 3.47. The Balaban J connectivity index is 1.98. The fraction of sp³-hybridized carbons (Fsp3) is 0.600. The van der Waals surface area contributed by atoms with Gasteiger partial charge >= 0.3 is 0 Å². The lowest BCUT2D eigenvalue weighted by molar-refractivity contribution is 0.0623. The predicted molar refractivity (Wildman–Crippen MR) is 74.3 cm³/mol. The van der Waals surface area contributed by atoms with Crippen LogP contribution >= 0.6 is 0 Å². The molecule has 0 aromatic heterocycles. The van der Waals surface area contributed by atoms with Crippen LogP contribution in [0.15, 0.2) is 24.3 Å². The molecule has 1 N–H and O–H groups in total. The van der Waals surface area contributed by atoms with Gasteiger partial charge in [-0.2, -0.15) is 0 Å². The Bertz CT molecular complexity index is 402. The summed E-state index contributed by atoms with van der Waals surface area (Å²) in [4.78, 5) is 2.22. The van der Waals surface area contributed by atoms with Crippen LogP contribution < -0.4 is 4.74 Å². The van der Waals surface area contributed by atoms with Gasteiger partial charge in [-0.1, -0.05) is 18.2 Å². The maximum atomic E-state index is 9.60. The summed E-state index contributed by atoms with van der Waals surface area (Å²) in [5.41, 5.74) is 1.07. The fourth-order valence-corrected chi connectivity index (χ4v) is 2.70. The van der Waals surface area contributed by atoms with Gasteiger partial charge in [0.25, 0.3) is 0 Å². The molecule has 4 heteroatoms. The van der Waals surface area contributed by atoms with E-state index in [9.17, 15) is 5.11 Å². The van der Waals surface area contributed by atoms with E-state index in [1.165, 1.54) is 5.56 Å². The molecule has 0 bridgehead atoms. The molecule has 19 heavy (non-hydrogen) atoms. The van der Waals surface area contributed by atoms with Gasteiger partial charge in [0.2, 0.25) is 0 Å². The molecule has 1 saturated heterocycles. The minimum Gasteiger partial charge on any atom is -0.496 e. The Kier molecular flexibility index (Phi) is 4.80. The van der Waals surface area contributed by atoms with Gasteiger partial charge < -0.3 is 19.5 Å². The van der Waals surface area contributed by atoms with Crippen LogP contribution in [0.2, 0.25) is 0 Å². The van der Waals surface area contributed by atoms with Gasteiger partial charge in [0, 0.05) is 30.7 Å². The molecule has 1 aliphatic heterocycles. The number of methoxy groups -OCH3 is 1. The summed E-state index contributed by atoms with van der Waals surface area (Å²) >= 11 is 0. The third-order valence-electron chi connectivity index (χ3n) is 3.76. The van der Waals surface area contributed by atoms with Gasteiger partial charge in [-0.15, -0.1) is 0 Å². The van der Waals surface area contributed by atoms with E-state index in [1.54, 1.807) is 7.11 Å². The lowest BCUT2D eigenvalue weighted by Gasteiger charge is -2.30. The number of ether oxygens (including phenoxy) is 2. The molecule has 1 aromatic rings. The molecule has 1 unspecified atom stereocenters. The van der Waals surface area contributed by atoms with E-state index >= 15 is 0 Å². The van der Waals surface area contributed by atoms with Gasteiger partial charge in [0.15, 0.2) is 0 Å². The molecule has 2 rings (SSSR count). The van der Waals surface area contributed by atoms with Crippen molar-refractivity contribution < 1.29 is 14.6 Å². The summed E-state index contributed by atoms with van der Waals surface area (Å²) in [5, 5.41) is 9.60. The number of benzene rings is 1. The van der Waals surface area contributed by atoms with Crippen molar-refractivity contribution in [2.75, 3.05) is 40.5 Å². The Hall–Kier alpha value is -1.10. The minimum atomic E-state index is -0.100. The highest BCUT2D eigenvalue weighted by molar-refractivity contribution is 5.33. The largest absolute Gasteiger partial charge is 0.496 e. The van der Waals surface area contributed by atoms with E-state index in [0.717, 1.165) is 31.9 Å². The second kappa shape index (κ2) is 6.37. The lowest BCUT2D eigenvalue weighted by atomic mass is 9.88. The fourth-order valence-electron chi connectivity index (χ4n) is 2.70. The van der Waals surface area contributed by atoms with Crippen molar-refractivity contribution in [3.05, 3.63) is 29.8 Å². The molecule has 0 radical (unpaired) electrons. The van der Waals surface area contributed by atoms with Crippen molar-refractivity contribution >= 4 is 0 Å². The SMILES string of the molecule is COc1ccccc1CN(C)CC1(CO)CCOC1. The van der Waals surface area contributed by atoms with Crippen molar-refractivity contribution in [2.45, 2.75) is 13.0 Å². The highest BCUT2D eigenvalue weighted by atomic mass is 16.5. The van der Waals surface area contributed by atoms with Gasteiger partial charge in [-0.3, -0.25) is 0 Å². The average Bonchev–Trinajstić information content (AvgIpc) is 2.88. The summed E-state index contributed by atoms with van der Waals surface area (Å²) in [6.45, 7) is 3.24. The number of para-hydroxylation sites is 1. The van der Waals surface area contributed by atoms with Gasteiger partial charge in [-0.05, 0) is 19.5 Å². The molecule has 0 amide bonds. The van der Waals surface area contributed by atoms with Crippen molar-refractivity contribution in [3.63, 3.8) is 0 Å². The molecular formula is C15H23NO3. The van der Waals surface area contributed by atoms with Crippen LogP contribution in [-0.4, -0.2) is 50.5 Å². The normalized spacial score (nSPS) is 22.9. The van der Waals surface area contributed by atoms with Crippen LogP contribution in [0.3, 0.4) is 0 Å². The maximum absolute atomic E-state index is 9.60. The number of nitrogens with zero attached hydrogens (tertiary/aromatic N) is 1. The van der Waals surface area contributed by atoms with Crippen LogP contribution in [0.1, 0.15) is 12.0 Å². The van der Waals surface area contributed by atoms with E-state index in [-0.39, 0.29) is 12.0 Å². The monoisotopic (exact) mass is 265 g/mol. The third-order valence-corrected chi connectivity index (χ3v) is 3.76. The first kappa shape index (κ1) is 14.3. The molecule has 0 aliphatic carbocycles. The topological polar surface area (TPSA) is 41.9 Å². The molecule has 1 heterocycles. The van der Waals surface area contributed by atoms with Crippen molar-refractivity contribution in [3.8, 4) is 5.75 Å². The van der Waals surface area contributed by atoms with Gasteiger partial charge in [-0.25, -0.2) is 0 Å². The lowest BCUT2D eigenvalue weighted by Crippen LogP contribution is -2.38. The van der Waals surface area contributed by atoms with Crippen LogP contribution in [0.25, 0.3) is 0 Å². The second-order valence-electron chi connectivity index (χ2n) is 5.44. The molecule has 1 fully saturated rings. The molecule has 106 valence electrons. The average molecular weight is 265 g/mol. The quantitative estimate of drug-likeness (QED) is 0.847. The first-order chi connectivity index (χ1) is 9.19. The Morgan fingerprint density at radius 3 is 2.84 bits per heavy atom. The van der Waals surface area contributed by atoms with Crippen LogP contribution in [-0.2, 0) is 11.3 Å². The smallest absolute Gasteiger partial charge is 0.123 e. The van der Waals surface area contributed by atoms with Crippen LogP contribution in [0.5, 0.6) is 5.75 Å².